The number of amides is 1. The molecule has 0 aliphatic carbocycles. The molecule has 0 spiro atoms. The Labute approximate surface area is 128 Å². The molecule has 1 amide bonds. The van der Waals surface area contributed by atoms with Gasteiger partial charge in [-0.3, -0.25) is 4.79 Å². The number of carbonyl (C=O) groups is 1. The maximum atomic E-state index is 11.6. The van der Waals surface area contributed by atoms with Gasteiger partial charge in [0.2, 0.25) is 11.9 Å². The average molecular weight is 303 g/mol. The number of carbonyl (C=O) groups excluding carboxylic acids is 1. The van der Waals surface area contributed by atoms with E-state index >= 15 is 0 Å². The number of rotatable bonds is 2. The first-order valence-corrected chi connectivity index (χ1v) is 7.17. The Kier molecular flexibility index (Phi) is 3.75. The minimum atomic E-state index is 0.0812. The second-order valence-electron chi connectivity index (χ2n) is 4.97. The fourth-order valence-electron chi connectivity index (χ4n) is 2.51. The molecule has 1 aromatic heterocycles. The number of hydrogen-bond donors (Lipinski definition) is 1. The molecule has 6 heteroatoms. The van der Waals surface area contributed by atoms with Crippen molar-refractivity contribution in [2.24, 2.45) is 0 Å². The van der Waals surface area contributed by atoms with Gasteiger partial charge in [0.05, 0.1) is 17.4 Å². The van der Waals surface area contributed by atoms with Gasteiger partial charge in [0, 0.05) is 24.8 Å². The molecular formula is C15H15ClN4O. The molecule has 0 radical (unpaired) electrons. The highest BCUT2D eigenvalue weighted by atomic mass is 35.5. The molecular weight excluding hydrogens is 288 g/mol. The second-order valence-corrected chi connectivity index (χ2v) is 5.40. The van der Waals surface area contributed by atoms with Gasteiger partial charge in [-0.05, 0) is 36.6 Å². The van der Waals surface area contributed by atoms with Crippen LogP contribution in [-0.4, -0.2) is 22.4 Å². The van der Waals surface area contributed by atoms with Crippen LogP contribution in [0.15, 0.2) is 30.6 Å². The lowest BCUT2D eigenvalue weighted by molar-refractivity contribution is -0.116. The largest absolute Gasteiger partial charge is 0.324 e. The van der Waals surface area contributed by atoms with Gasteiger partial charge < -0.3 is 10.2 Å². The summed E-state index contributed by atoms with van der Waals surface area (Å²) in [5.41, 5.74) is 3.06. The zero-order chi connectivity index (χ0) is 14.8. The maximum Gasteiger partial charge on any atom is 0.227 e. The van der Waals surface area contributed by atoms with E-state index < -0.39 is 0 Å². The van der Waals surface area contributed by atoms with Crippen LogP contribution < -0.4 is 10.2 Å². The molecule has 0 atom stereocenters. The van der Waals surface area contributed by atoms with Gasteiger partial charge in [-0.25, -0.2) is 9.97 Å². The topological polar surface area (TPSA) is 58.1 Å². The summed E-state index contributed by atoms with van der Waals surface area (Å²) >= 11 is 5.76. The zero-order valence-electron chi connectivity index (χ0n) is 11.6. The van der Waals surface area contributed by atoms with Crippen LogP contribution in [0, 0.1) is 0 Å². The first-order chi connectivity index (χ1) is 10.1. The summed E-state index contributed by atoms with van der Waals surface area (Å²) in [6.07, 6.45) is 5.04. The van der Waals surface area contributed by atoms with E-state index in [-0.39, 0.29) is 5.91 Å². The maximum absolute atomic E-state index is 11.6. The lowest BCUT2D eigenvalue weighted by atomic mass is 10.0. The van der Waals surface area contributed by atoms with E-state index in [4.69, 9.17) is 11.6 Å². The molecule has 0 fully saturated rings. The normalized spacial score (nSPS) is 13.7. The summed E-state index contributed by atoms with van der Waals surface area (Å²) in [7, 11) is 0. The van der Waals surface area contributed by atoms with E-state index in [2.05, 4.69) is 15.3 Å². The summed E-state index contributed by atoms with van der Waals surface area (Å²) in [6, 6.07) is 5.94. The highest BCUT2D eigenvalue weighted by molar-refractivity contribution is 6.30. The molecule has 1 aliphatic rings. The Bertz CT molecular complexity index is 672. The predicted molar refractivity (Wildman–Crippen MR) is 83.1 cm³/mol. The van der Waals surface area contributed by atoms with Crippen LogP contribution in [-0.2, 0) is 11.2 Å². The van der Waals surface area contributed by atoms with E-state index in [1.165, 1.54) is 0 Å². The van der Waals surface area contributed by atoms with Crippen molar-refractivity contribution in [1.82, 2.24) is 9.97 Å². The van der Waals surface area contributed by atoms with Gasteiger partial charge in [0.15, 0.2) is 0 Å². The van der Waals surface area contributed by atoms with Crippen LogP contribution in [0.25, 0.3) is 0 Å². The van der Waals surface area contributed by atoms with Gasteiger partial charge in [-0.1, -0.05) is 11.6 Å². The van der Waals surface area contributed by atoms with Crippen LogP contribution in [0.5, 0.6) is 0 Å². The molecule has 2 aromatic rings. The van der Waals surface area contributed by atoms with Crippen molar-refractivity contribution < 1.29 is 4.79 Å². The van der Waals surface area contributed by atoms with Crippen LogP contribution in [0.3, 0.4) is 0 Å². The Hall–Kier alpha value is -2.14. The van der Waals surface area contributed by atoms with Gasteiger partial charge in [-0.15, -0.1) is 0 Å². The molecule has 0 saturated heterocycles. The number of hydrogen-bond acceptors (Lipinski definition) is 4. The number of aromatic nitrogens is 2. The average Bonchev–Trinajstić information content (AvgIpc) is 2.48. The van der Waals surface area contributed by atoms with Gasteiger partial charge in [0.25, 0.3) is 0 Å². The minimum Gasteiger partial charge on any atom is -0.324 e. The second kappa shape index (κ2) is 5.69. The fraction of sp³-hybridized carbons (Fsp3) is 0.267. The van der Waals surface area contributed by atoms with Crippen molar-refractivity contribution in [2.45, 2.75) is 19.8 Å². The summed E-state index contributed by atoms with van der Waals surface area (Å²) in [5.74, 6) is 0.580. The first-order valence-electron chi connectivity index (χ1n) is 6.79. The summed E-state index contributed by atoms with van der Waals surface area (Å²) in [6.45, 7) is 2.39. The van der Waals surface area contributed by atoms with Crippen molar-refractivity contribution in [2.75, 3.05) is 16.8 Å². The Morgan fingerprint density at radius 3 is 2.81 bits per heavy atom. The highest BCUT2D eigenvalue weighted by Gasteiger charge is 2.19. The van der Waals surface area contributed by atoms with Gasteiger partial charge in [0.1, 0.15) is 0 Å². The quantitative estimate of drug-likeness (QED) is 0.925. The molecule has 0 saturated carbocycles. The summed E-state index contributed by atoms with van der Waals surface area (Å²) < 4.78 is 0. The molecule has 1 aromatic carbocycles. The lowest BCUT2D eigenvalue weighted by Crippen LogP contribution is -2.33. The molecule has 1 aliphatic heterocycles. The first kappa shape index (κ1) is 13.8. The molecule has 0 bridgehead atoms. The third-order valence-electron chi connectivity index (χ3n) is 3.45. The van der Waals surface area contributed by atoms with E-state index in [1.54, 1.807) is 19.3 Å². The Morgan fingerprint density at radius 1 is 1.33 bits per heavy atom. The summed E-state index contributed by atoms with van der Waals surface area (Å²) in [4.78, 5) is 21.7. The van der Waals surface area contributed by atoms with Crippen LogP contribution in [0.2, 0.25) is 5.02 Å². The molecule has 5 nitrogen and oxygen atoms in total. The molecule has 108 valence electrons. The van der Waals surface area contributed by atoms with Crippen LogP contribution in [0.1, 0.15) is 18.9 Å². The number of anilines is 3. The SMILES string of the molecule is CC(=O)N1CCCc2cc(Nc3ncc(Cl)cn3)ccc21. The van der Waals surface area contributed by atoms with Gasteiger partial charge in [-0.2, -0.15) is 0 Å². The van der Waals surface area contributed by atoms with Crippen LogP contribution in [0.4, 0.5) is 17.3 Å². The lowest BCUT2D eigenvalue weighted by Gasteiger charge is -2.28. The van der Waals surface area contributed by atoms with Crippen molar-refractivity contribution in [3.05, 3.63) is 41.2 Å². The number of benzene rings is 1. The fourth-order valence-corrected chi connectivity index (χ4v) is 2.61. The molecule has 2 heterocycles. The molecule has 21 heavy (non-hydrogen) atoms. The van der Waals surface area contributed by atoms with Gasteiger partial charge >= 0.3 is 0 Å². The number of aryl methyl sites for hydroxylation is 1. The van der Waals surface area contributed by atoms with Crippen molar-refractivity contribution in [3.63, 3.8) is 0 Å². The van der Waals surface area contributed by atoms with Crippen LogP contribution >= 0.6 is 11.6 Å². The number of nitrogens with zero attached hydrogens (tertiary/aromatic N) is 3. The highest BCUT2D eigenvalue weighted by Crippen LogP contribution is 2.30. The third-order valence-corrected chi connectivity index (χ3v) is 3.65. The smallest absolute Gasteiger partial charge is 0.227 e. The van der Waals surface area contributed by atoms with E-state index in [0.29, 0.717) is 11.0 Å². The summed E-state index contributed by atoms with van der Waals surface area (Å²) in [5, 5.41) is 3.64. The number of halogens is 1. The number of fused-ring (bicyclic) bond motifs is 1. The van der Waals surface area contributed by atoms with Crippen molar-refractivity contribution >= 4 is 34.8 Å². The molecule has 0 unspecified atom stereocenters. The molecule has 1 N–H and O–H groups in total. The minimum absolute atomic E-state index is 0.0812. The van der Waals surface area contributed by atoms with E-state index in [1.807, 2.05) is 23.1 Å². The van der Waals surface area contributed by atoms with Crippen molar-refractivity contribution in [1.29, 1.82) is 0 Å². The zero-order valence-corrected chi connectivity index (χ0v) is 12.4. The monoisotopic (exact) mass is 302 g/mol. The van der Waals surface area contributed by atoms with Crippen molar-refractivity contribution in [3.8, 4) is 0 Å². The standard InChI is InChI=1S/C15H15ClN4O/c1-10(21)20-6-2-3-11-7-13(4-5-14(11)20)19-15-17-8-12(16)9-18-15/h4-5,7-9H,2-3,6H2,1H3,(H,17,18,19). The van der Waals surface area contributed by atoms with E-state index in [9.17, 15) is 4.79 Å². The molecule has 3 rings (SSSR count). The third kappa shape index (κ3) is 2.97. The number of nitrogens with one attached hydrogen (secondary N) is 1. The van der Waals surface area contributed by atoms with E-state index in [0.717, 1.165) is 36.3 Å². The Morgan fingerprint density at radius 2 is 2.10 bits per heavy atom. The predicted octanol–water partition coefficient (Wildman–Crippen LogP) is 3.17. The Balaban J connectivity index is 1.85.